The smallest absolute Gasteiger partial charge is 0.226 e. The van der Waals surface area contributed by atoms with Crippen LogP contribution in [-0.4, -0.2) is 36.1 Å². The van der Waals surface area contributed by atoms with Crippen LogP contribution in [0.2, 0.25) is 0 Å². The number of anilines is 1. The second-order valence-electron chi connectivity index (χ2n) is 8.41. The molecule has 4 aromatic rings. The van der Waals surface area contributed by atoms with Gasteiger partial charge in [-0.3, -0.25) is 0 Å². The number of fused-ring (bicyclic) bond motifs is 3. The summed E-state index contributed by atoms with van der Waals surface area (Å²) < 4.78 is 38.8. The highest BCUT2D eigenvalue weighted by atomic mass is 19.1. The lowest BCUT2D eigenvalue weighted by Gasteiger charge is -2.39. The van der Waals surface area contributed by atoms with Crippen LogP contribution >= 0.6 is 0 Å². The number of hydrogen-bond acceptors (Lipinski definition) is 7. The zero-order chi connectivity index (χ0) is 24.8. The maximum atomic E-state index is 13.9. The van der Waals surface area contributed by atoms with Gasteiger partial charge < -0.3 is 24.3 Å². The second kappa shape index (κ2) is 8.60. The van der Waals surface area contributed by atoms with Crippen LogP contribution in [0.25, 0.3) is 5.70 Å². The monoisotopic (exact) mass is 486 g/mol. The zero-order valence-corrected chi connectivity index (χ0v) is 19.9. The number of hydrogen-bond donors (Lipinski definition) is 1. The molecule has 0 amide bonds. The molecule has 0 spiro atoms. The Morgan fingerprint density at radius 3 is 2.42 bits per heavy atom. The van der Waals surface area contributed by atoms with Crippen LogP contribution in [0.5, 0.6) is 23.0 Å². The van der Waals surface area contributed by atoms with Crippen molar-refractivity contribution in [3.05, 3.63) is 95.1 Å². The highest BCUT2D eigenvalue weighted by molar-refractivity contribution is 5.85. The Bertz CT molecular complexity index is 1480. The molecule has 0 saturated carbocycles. The summed E-state index contributed by atoms with van der Waals surface area (Å²) in [5.74, 6) is 2.85. The van der Waals surface area contributed by atoms with Gasteiger partial charge in [0.05, 0.1) is 27.0 Å². The molecule has 0 bridgehead atoms. The minimum atomic E-state index is -0.513. The summed E-state index contributed by atoms with van der Waals surface area (Å²) in [5, 5.41) is 7.95. The van der Waals surface area contributed by atoms with Crippen molar-refractivity contribution in [2.45, 2.75) is 12.1 Å². The molecular formula is C27H23FN4O4. The van der Waals surface area contributed by atoms with Crippen molar-refractivity contribution in [2.75, 3.05) is 26.6 Å². The van der Waals surface area contributed by atoms with E-state index in [1.54, 1.807) is 38.1 Å². The first kappa shape index (κ1) is 22.0. The van der Waals surface area contributed by atoms with Gasteiger partial charge >= 0.3 is 0 Å². The minimum absolute atomic E-state index is 0.313. The summed E-state index contributed by atoms with van der Waals surface area (Å²) in [7, 11) is 4.82. The number of halogens is 1. The van der Waals surface area contributed by atoms with Crippen molar-refractivity contribution >= 4 is 11.6 Å². The molecule has 3 heterocycles. The number of benzene rings is 3. The Balaban J connectivity index is 1.61. The van der Waals surface area contributed by atoms with E-state index in [2.05, 4.69) is 15.4 Å². The van der Waals surface area contributed by atoms with E-state index in [-0.39, 0.29) is 5.82 Å². The van der Waals surface area contributed by atoms with Gasteiger partial charge in [0.15, 0.2) is 11.5 Å². The molecule has 182 valence electrons. The van der Waals surface area contributed by atoms with Crippen LogP contribution in [0.4, 0.5) is 10.3 Å². The molecule has 6 rings (SSSR count). The predicted molar refractivity (Wildman–Crippen MR) is 131 cm³/mol. The first-order valence-corrected chi connectivity index (χ1v) is 11.3. The summed E-state index contributed by atoms with van der Waals surface area (Å²) in [6, 6.07) is 17.4. The molecule has 3 aromatic carbocycles. The van der Waals surface area contributed by atoms with Crippen LogP contribution in [0.3, 0.4) is 0 Å². The van der Waals surface area contributed by atoms with Gasteiger partial charge in [0.1, 0.15) is 35.8 Å². The van der Waals surface area contributed by atoms with Gasteiger partial charge in [0.2, 0.25) is 5.95 Å². The van der Waals surface area contributed by atoms with Crippen molar-refractivity contribution in [3.8, 4) is 23.0 Å². The molecule has 2 aliphatic rings. The van der Waals surface area contributed by atoms with Gasteiger partial charge in [-0.1, -0.05) is 18.2 Å². The van der Waals surface area contributed by atoms with Gasteiger partial charge in [-0.05, 0) is 48.0 Å². The third-order valence-electron chi connectivity index (χ3n) is 6.52. The van der Waals surface area contributed by atoms with E-state index in [0.717, 1.165) is 28.0 Å². The van der Waals surface area contributed by atoms with Crippen LogP contribution in [0.15, 0.2) is 72.6 Å². The molecule has 36 heavy (non-hydrogen) atoms. The Kier molecular flexibility index (Phi) is 5.25. The fraction of sp³-hybridized carbons (Fsp3) is 0.185. The van der Waals surface area contributed by atoms with Crippen LogP contribution in [0, 0.1) is 5.82 Å². The summed E-state index contributed by atoms with van der Waals surface area (Å²) in [6.07, 6.45) is 0.983. The summed E-state index contributed by atoms with van der Waals surface area (Å²) in [5.41, 5.74) is 4.27. The van der Waals surface area contributed by atoms with Gasteiger partial charge in [-0.15, -0.1) is 0 Å². The third-order valence-corrected chi connectivity index (χ3v) is 6.52. The predicted octanol–water partition coefficient (Wildman–Crippen LogP) is 5.00. The molecule has 0 saturated heterocycles. The number of nitrogens with one attached hydrogen (secondary N) is 1. The van der Waals surface area contributed by atoms with E-state index in [4.69, 9.17) is 18.9 Å². The fourth-order valence-corrected chi connectivity index (χ4v) is 4.83. The first-order chi connectivity index (χ1) is 17.6. The molecule has 2 atom stereocenters. The van der Waals surface area contributed by atoms with Crippen molar-refractivity contribution in [1.29, 1.82) is 0 Å². The second-order valence-corrected chi connectivity index (χ2v) is 8.41. The lowest BCUT2D eigenvalue weighted by atomic mass is 9.84. The number of methoxy groups -OCH3 is 3. The van der Waals surface area contributed by atoms with E-state index in [0.29, 0.717) is 28.9 Å². The number of ether oxygens (including phenoxy) is 4. The molecule has 2 unspecified atom stereocenters. The van der Waals surface area contributed by atoms with E-state index < -0.39 is 12.1 Å². The molecule has 0 radical (unpaired) electrons. The fourth-order valence-electron chi connectivity index (χ4n) is 4.83. The molecule has 1 aromatic heterocycles. The normalized spacial score (nSPS) is 17.8. The molecule has 0 fully saturated rings. The average molecular weight is 487 g/mol. The van der Waals surface area contributed by atoms with Gasteiger partial charge in [0, 0.05) is 16.7 Å². The molecule has 1 N–H and O–H groups in total. The lowest BCUT2D eigenvalue weighted by Crippen LogP contribution is -2.32. The highest BCUT2D eigenvalue weighted by Crippen LogP contribution is 2.51. The summed E-state index contributed by atoms with van der Waals surface area (Å²) >= 11 is 0. The van der Waals surface area contributed by atoms with E-state index in [1.165, 1.54) is 18.5 Å². The maximum absolute atomic E-state index is 13.9. The Hall–Kier alpha value is -4.53. The standard InChI is InChI=1S/C27H23FN4O4/c1-33-18-9-11-20-19(13-18)24-23(26(36-20)16-6-10-21(34-2)22(12-16)35-3)25(15-4-7-17(28)8-5-15)32-27(31-24)29-14-30-32/h4-14,25-26H,1-3H3,(H,29,30,31). The Labute approximate surface area is 206 Å². The zero-order valence-electron chi connectivity index (χ0n) is 19.9. The quantitative estimate of drug-likeness (QED) is 0.425. The summed E-state index contributed by atoms with van der Waals surface area (Å²) in [4.78, 5) is 4.43. The summed E-state index contributed by atoms with van der Waals surface area (Å²) in [6.45, 7) is 0. The Morgan fingerprint density at radius 2 is 1.67 bits per heavy atom. The molecule has 0 aliphatic carbocycles. The average Bonchev–Trinajstić information content (AvgIpc) is 3.39. The van der Waals surface area contributed by atoms with Crippen LogP contribution < -0.4 is 24.3 Å². The van der Waals surface area contributed by atoms with E-state index >= 15 is 0 Å². The van der Waals surface area contributed by atoms with Crippen LogP contribution in [-0.2, 0) is 0 Å². The van der Waals surface area contributed by atoms with E-state index in [1.807, 2.05) is 36.4 Å². The number of nitrogens with zero attached hydrogens (tertiary/aromatic N) is 3. The van der Waals surface area contributed by atoms with Gasteiger partial charge in [0.25, 0.3) is 0 Å². The molecular weight excluding hydrogens is 463 g/mol. The Morgan fingerprint density at radius 1 is 0.889 bits per heavy atom. The van der Waals surface area contributed by atoms with E-state index in [9.17, 15) is 4.39 Å². The highest BCUT2D eigenvalue weighted by Gasteiger charge is 2.41. The van der Waals surface area contributed by atoms with Crippen LogP contribution in [0.1, 0.15) is 28.8 Å². The molecule has 8 nitrogen and oxygen atoms in total. The van der Waals surface area contributed by atoms with Gasteiger partial charge in [-0.25, -0.2) is 9.07 Å². The van der Waals surface area contributed by atoms with Gasteiger partial charge in [-0.2, -0.15) is 10.1 Å². The maximum Gasteiger partial charge on any atom is 0.226 e. The number of rotatable bonds is 5. The van der Waals surface area contributed by atoms with Crippen molar-refractivity contribution in [3.63, 3.8) is 0 Å². The topological polar surface area (TPSA) is 79.7 Å². The van der Waals surface area contributed by atoms with Crippen molar-refractivity contribution in [2.24, 2.45) is 0 Å². The number of aromatic nitrogens is 3. The molecule has 9 heteroatoms. The largest absolute Gasteiger partial charge is 0.497 e. The first-order valence-electron chi connectivity index (χ1n) is 11.3. The molecule has 2 aliphatic heterocycles. The minimum Gasteiger partial charge on any atom is -0.497 e. The third kappa shape index (κ3) is 3.43. The SMILES string of the molecule is COc1ccc2c(c1)C1=C(C(c3ccc(OC)c(OC)c3)O2)C(c2ccc(F)cc2)n2ncnc2N1. The van der Waals surface area contributed by atoms with Crippen molar-refractivity contribution < 1.29 is 23.3 Å². The van der Waals surface area contributed by atoms with Crippen molar-refractivity contribution in [1.82, 2.24) is 14.8 Å². The lowest BCUT2D eigenvalue weighted by molar-refractivity contribution is 0.222.